The van der Waals surface area contributed by atoms with E-state index in [1.54, 1.807) is 0 Å². The Morgan fingerprint density at radius 1 is 1.32 bits per heavy atom. The largest absolute Gasteiger partial charge is 0.374 e. The fourth-order valence-electron chi connectivity index (χ4n) is 4.05. The Morgan fingerprint density at radius 3 is 2.71 bits per heavy atom. The van der Waals surface area contributed by atoms with Gasteiger partial charge in [0, 0.05) is 42.9 Å². The first-order chi connectivity index (χ1) is 13.2. The number of aromatic nitrogens is 3. The van der Waals surface area contributed by atoms with E-state index in [0.29, 0.717) is 24.5 Å². The number of ketones is 1. The molecular weight excluding hydrogens is 374 g/mol. The van der Waals surface area contributed by atoms with Gasteiger partial charge in [-0.1, -0.05) is 32.1 Å². The highest BCUT2D eigenvalue weighted by atomic mass is 32.1. The van der Waals surface area contributed by atoms with Crippen molar-refractivity contribution in [1.29, 1.82) is 0 Å². The first kappa shape index (κ1) is 20.5. The van der Waals surface area contributed by atoms with Crippen molar-refractivity contribution in [2.45, 2.75) is 66.3 Å². The summed E-state index contributed by atoms with van der Waals surface area (Å²) >= 11 is 1.33. The second-order valence-electron chi connectivity index (χ2n) is 8.29. The van der Waals surface area contributed by atoms with Crippen LogP contribution in [-0.4, -0.2) is 33.0 Å². The van der Waals surface area contributed by atoms with Gasteiger partial charge in [0.05, 0.1) is 6.42 Å². The van der Waals surface area contributed by atoms with Gasteiger partial charge < -0.3 is 15.6 Å². The van der Waals surface area contributed by atoms with Gasteiger partial charge in [-0.3, -0.25) is 9.59 Å². The van der Waals surface area contributed by atoms with E-state index in [0.717, 1.165) is 46.9 Å². The topological polar surface area (TPSA) is 103 Å². The van der Waals surface area contributed by atoms with E-state index >= 15 is 0 Å². The molecular formula is C20H29N5O2S. The van der Waals surface area contributed by atoms with Crippen LogP contribution >= 0.6 is 11.3 Å². The normalized spacial score (nSPS) is 15.5. The summed E-state index contributed by atoms with van der Waals surface area (Å²) in [4.78, 5) is 25.5. The van der Waals surface area contributed by atoms with Crippen LogP contribution in [0.1, 0.15) is 65.9 Å². The standard InChI is InChI=1S/C20H29N5O2S/c1-5-8-25-12(2)13(18-14(25)10-20(3,4)11-15(18)26)9-16(27)22-7-6-17-23-24-19(21)28-17/h5-11H2,1-4H3,(H2,21,24)(H,22,27). The van der Waals surface area contributed by atoms with E-state index in [9.17, 15) is 9.59 Å². The minimum absolute atomic E-state index is 0.0382. The van der Waals surface area contributed by atoms with Gasteiger partial charge >= 0.3 is 0 Å². The quantitative estimate of drug-likeness (QED) is 0.740. The summed E-state index contributed by atoms with van der Waals surface area (Å²) in [6.45, 7) is 9.79. The molecule has 0 spiro atoms. The van der Waals surface area contributed by atoms with Crippen LogP contribution in [0.3, 0.4) is 0 Å². The molecule has 0 saturated carbocycles. The molecule has 152 valence electrons. The minimum Gasteiger partial charge on any atom is -0.374 e. The Balaban J connectivity index is 1.76. The van der Waals surface area contributed by atoms with E-state index < -0.39 is 0 Å². The second-order valence-corrected chi connectivity index (χ2v) is 9.38. The van der Waals surface area contributed by atoms with Crippen molar-refractivity contribution in [3.05, 3.63) is 27.5 Å². The fraction of sp³-hybridized carbons (Fsp3) is 0.600. The summed E-state index contributed by atoms with van der Waals surface area (Å²) in [6, 6.07) is 0. The molecule has 3 rings (SSSR count). The molecule has 0 unspecified atom stereocenters. The molecule has 2 aromatic rings. The number of anilines is 1. The summed E-state index contributed by atoms with van der Waals surface area (Å²) in [6.07, 6.45) is 3.22. The third-order valence-electron chi connectivity index (χ3n) is 5.25. The zero-order valence-corrected chi connectivity index (χ0v) is 17.9. The molecule has 8 heteroatoms. The molecule has 0 aromatic carbocycles. The number of Topliss-reactive ketones (excluding diaryl/α,β-unsaturated/α-hetero) is 1. The molecule has 1 aliphatic carbocycles. The SMILES string of the molecule is CCCn1c(C)c(CC(=O)NCCc2nnc(N)s2)c2c1CC(C)(C)CC2=O. The molecule has 28 heavy (non-hydrogen) atoms. The molecule has 0 bridgehead atoms. The van der Waals surface area contributed by atoms with Crippen molar-refractivity contribution < 1.29 is 9.59 Å². The van der Waals surface area contributed by atoms with Crippen LogP contribution in [0.25, 0.3) is 0 Å². The number of rotatable bonds is 7. The van der Waals surface area contributed by atoms with Gasteiger partial charge in [0.2, 0.25) is 11.0 Å². The lowest BCUT2D eigenvalue weighted by atomic mass is 9.75. The van der Waals surface area contributed by atoms with Crippen molar-refractivity contribution in [2.75, 3.05) is 12.3 Å². The third kappa shape index (κ3) is 4.27. The van der Waals surface area contributed by atoms with Gasteiger partial charge in [0.15, 0.2) is 5.78 Å². The third-order valence-corrected chi connectivity index (χ3v) is 6.06. The lowest BCUT2D eigenvalue weighted by Crippen LogP contribution is -2.30. The van der Waals surface area contributed by atoms with E-state index in [4.69, 9.17) is 5.73 Å². The Bertz CT molecular complexity index is 897. The van der Waals surface area contributed by atoms with E-state index in [2.05, 4.69) is 40.9 Å². The van der Waals surface area contributed by atoms with Crippen LogP contribution in [0, 0.1) is 12.3 Å². The van der Waals surface area contributed by atoms with Crippen LogP contribution in [0.15, 0.2) is 0 Å². The lowest BCUT2D eigenvalue weighted by Gasteiger charge is -2.30. The predicted molar refractivity (Wildman–Crippen MR) is 111 cm³/mol. The highest BCUT2D eigenvalue weighted by Crippen LogP contribution is 2.39. The second kappa shape index (κ2) is 8.03. The summed E-state index contributed by atoms with van der Waals surface area (Å²) in [5.41, 5.74) is 9.37. The minimum atomic E-state index is -0.0744. The summed E-state index contributed by atoms with van der Waals surface area (Å²) < 4.78 is 2.25. The zero-order chi connectivity index (χ0) is 20.5. The van der Waals surface area contributed by atoms with Gasteiger partial charge in [-0.05, 0) is 30.7 Å². The van der Waals surface area contributed by atoms with Gasteiger partial charge in [0.25, 0.3) is 0 Å². The molecule has 0 radical (unpaired) electrons. The number of hydrogen-bond acceptors (Lipinski definition) is 6. The molecule has 3 N–H and O–H groups in total. The number of hydrogen-bond donors (Lipinski definition) is 2. The smallest absolute Gasteiger partial charge is 0.224 e. The fourth-order valence-corrected chi connectivity index (χ4v) is 4.66. The van der Waals surface area contributed by atoms with Crippen molar-refractivity contribution in [3.8, 4) is 0 Å². The summed E-state index contributed by atoms with van der Waals surface area (Å²) in [5.74, 6) is 0.0889. The number of carbonyl (C=O) groups excluding carboxylic acids is 2. The molecule has 0 saturated heterocycles. The monoisotopic (exact) mass is 403 g/mol. The van der Waals surface area contributed by atoms with Crippen LogP contribution in [0.4, 0.5) is 5.13 Å². The molecule has 0 atom stereocenters. The molecule has 2 heterocycles. The Kier molecular flexibility index (Phi) is 5.88. The maximum absolute atomic E-state index is 12.9. The maximum Gasteiger partial charge on any atom is 0.224 e. The van der Waals surface area contributed by atoms with Crippen LogP contribution in [0.2, 0.25) is 0 Å². The molecule has 0 aliphatic heterocycles. The average Bonchev–Trinajstić information content (AvgIpc) is 3.11. The highest BCUT2D eigenvalue weighted by molar-refractivity contribution is 7.15. The molecule has 1 aliphatic rings. The molecule has 7 nitrogen and oxygen atoms in total. The molecule has 2 aromatic heterocycles. The van der Waals surface area contributed by atoms with Gasteiger partial charge in [-0.25, -0.2) is 0 Å². The Morgan fingerprint density at radius 2 is 2.07 bits per heavy atom. The number of carbonyl (C=O) groups is 2. The number of amides is 1. The van der Waals surface area contributed by atoms with Crippen molar-refractivity contribution in [1.82, 2.24) is 20.1 Å². The lowest BCUT2D eigenvalue weighted by molar-refractivity contribution is -0.120. The van der Waals surface area contributed by atoms with Crippen molar-refractivity contribution >= 4 is 28.2 Å². The van der Waals surface area contributed by atoms with E-state index in [1.165, 1.54) is 11.3 Å². The van der Waals surface area contributed by atoms with Crippen LogP contribution in [-0.2, 0) is 30.6 Å². The van der Waals surface area contributed by atoms with Gasteiger partial charge in [-0.2, -0.15) is 0 Å². The first-order valence-electron chi connectivity index (χ1n) is 9.80. The number of nitrogens with one attached hydrogen (secondary N) is 1. The first-order valence-corrected chi connectivity index (χ1v) is 10.6. The van der Waals surface area contributed by atoms with E-state index in [1.807, 2.05) is 6.92 Å². The Labute approximate surface area is 169 Å². The summed E-state index contributed by atoms with van der Waals surface area (Å²) in [5, 5.41) is 11.9. The van der Waals surface area contributed by atoms with Gasteiger partial charge in [-0.15, -0.1) is 10.2 Å². The zero-order valence-electron chi connectivity index (χ0n) is 17.1. The van der Waals surface area contributed by atoms with Crippen molar-refractivity contribution in [2.24, 2.45) is 5.41 Å². The van der Waals surface area contributed by atoms with E-state index in [-0.39, 0.29) is 23.5 Å². The predicted octanol–water partition coefficient (Wildman–Crippen LogP) is 2.70. The van der Waals surface area contributed by atoms with Gasteiger partial charge in [0.1, 0.15) is 5.01 Å². The van der Waals surface area contributed by atoms with Crippen LogP contribution in [0.5, 0.6) is 0 Å². The average molecular weight is 404 g/mol. The summed E-state index contributed by atoms with van der Waals surface area (Å²) in [7, 11) is 0. The Hall–Kier alpha value is -2.22. The number of nitrogens with zero attached hydrogens (tertiary/aromatic N) is 3. The number of fused-ring (bicyclic) bond motifs is 1. The number of nitrogen functional groups attached to an aromatic ring is 1. The molecule has 1 amide bonds. The highest BCUT2D eigenvalue weighted by Gasteiger charge is 2.36. The maximum atomic E-state index is 12.9. The molecule has 0 fully saturated rings. The van der Waals surface area contributed by atoms with Crippen molar-refractivity contribution in [3.63, 3.8) is 0 Å². The number of nitrogens with two attached hydrogens (primary N) is 1. The van der Waals surface area contributed by atoms with Crippen LogP contribution < -0.4 is 11.1 Å².